The van der Waals surface area contributed by atoms with Gasteiger partial charge in [-0.3, -0.25) is 4.98 Å². The SMILES string of the molecule is CC(C)(C)c1nc(-c2ccc(-c3ccc4c(c3)C(C)(C)c3cc5c(cc3-4)CCCC5)nc2)nc(-c2cccc(-c3cccc(C4CCCCC4c4ccccc4)c3)c2)n1. The number of fused-ring (bicyclic) bond motifs is 4. The number of hydrogen-bond donors (Lipinski definition) is 0. The standard InChI is InChI=1S/C55H54N4/c1-54(2,3)53-58-51(42-22-14-20-37(30-42)36-19-13-21-40(29-36)45-24-12-11-23-44(45)35-15-7-6-8-16-35)57-52(59-53)43-26-28-50(56-34-43)41-25-27-46-47-31-38-17-9-10-18-39(38)32-49(47)55(4,5)48(46)33-41/h6-8,13-16,19-22,25-34,44-45H,9-12,17-18,23-24H2,1-5H3. The highest BCUT2D eigenvalue weighted by atomic mass is 15.0. The smallest absolute Gasteiger partial charge is 0.165 e. The molecule has 2 aromatic heterocycles. The number of rotatable bonds is 6. The Balaban J connectivity index is 0.953. The molecule has 59 heavy (non-hydrogen) atoms. The van der Waals surface area contributed by atoms with Gasteiger partial charge in [0.05, 0.1) is 5.69 Å². The summed E-state index contributed by atoms with van der Waals surface area (Å²) < 4.78 is 0. The quantitative estimate of drug-likeness (QED) is 0.169. The molecule has 3 aliphatic rings. The van der Waals surface area contributed by atoms with Gasteiger partial charge in [-0.1, -0.05) is 145 Å². The van der Waals surface area contributed by atoms with Crippen molar-refractivity contribution in [1.29, 1.82) is 0 Å². The first kappa shape index (κ1) is 37.5. The molecule has 0 radical (unpaired) electrons. The maximum atomic E-state index is 5.12. The summed E-state index contributed by atoms with van der Waals surface area (Å²) in [6, 6.07) is 45.2. The molecule has 0 aliphatic heterocycles. The van der Waals surface area contributed by atoms with Crippen molar-refractivity contribution in [3.05, 3.63) is 167 Å². The second kappa shape index (κ2) is 14.8. The molecule has 2 unspecified atom stereocenters. The Morgan fingerprint density at radius 1 is 0.508 bits per heavy atom. The fourth-order valence-electron chi connectivity index (χ4n) is 10.2. The Labute approximate surface area is 350 Å². The van der Waals surface area contributed by atoms with Crippen LogP contribution in [0, 0.1) is 0 Å². The van der Waals surface area contributed by atoms with E-state index in [1.807, 2.05) is 6.20 Å². The van der Waals surface area contributed by atoms with Gasteiger partial charge in [0.15, 0.2) is 11.6 Å². The molecule has 0 bridgehead atoms. The zero-order chi connectivity index (χ0) is 40.3. The fourth-order valence-corrected chi connectivity index (χ4v) is 10.2. The van der Waals surface area contributed by atoms with Crippen LogP contribution in [0.1, 0.15) is 124 Å². The van der Waals surface area contributed by atoms with Crippen molar-refractivity contribution in [1.82, 2.24) is 19.9 Å². The summed E-state index contributed by atoms with van der Waals surface area (Å²) in [4.78, 5) is 20.3. The molecule has 294 valence electrons. The van der Waals surface area contributed by atoms with Crippen LogP contribution in [0.2, 0.25) is 0 Å². The van der Waals surface area contributed by atoms with Gasteiger partial charge in [-0.05, 0) is 130 Å². The molecule has 0 saturated heterocycles. The Kier molecular flexibility index (Phi) is 9.43. The Bertz CT molecular complexity index is 2690. The molecule has 4 heteroatoms. The summed E-state index contributed by atoms with van der Waals surface area (Å²) in [6.07, 6.45) is 12.0. The van der Waals surface area contributed by atoms with E-state index in [4.69, 9.17) is 19.9 Å². The van der Waals surface area contributed by atoms with Crippen LogP contribution in [-0.4, -0.2) is 19.9 Å². The summed E-state index contributed by atoms with van der Waals surface area (Å²) >= 11 is 0. The zero-order valence-corrected chi connectivity index (χ0v) is 35.2. The minimum Gasteiger partial charge on any atom is -0.255 e. The molecule has 3 aliphatic carbocycles. The molecule has 7 aromatic rings. The van der Waals surface area contributed by atoms with Crippen molar-refractivity contribution >= 4 is 0 Å². The number of benzene rings is 5. The second-order valence-electron chi connectivity index (χ2n) is 18.9. The molecule has 4 nitrogen and oxygen atoms in total. The fraction of sp³-hybridized carbons (Fsp3) is 0.309. The Morgan fingerprint density at radius 2 is 1.14 bits per heavy atom. The van der Waals surface area contributed by atoms with Crippen molar-refractivity contribution < 1.29 is 0 Å². The molecule has 0 N–H and O–H groups in total. The molecule has 1 saturated carbocycles. The van der Waals surface area contributed by atoms with Crippen molar-refractivity contribution in [3.63, 3.8) is 0 Å². The Morgan fingerprint density at radius 3 is 1.86 bits per heavy atom. The van der Waals surface area contributed by atoms with Crippen LogP contribution in [0.3, 0.4) is 0 Å². The van der Waals surface area contributed by atoms with E-state index < -0.39 is 0 Å². The van der Waals surface area contributed by atoms with Gasteiger partial charge < -0.3 is 0 Å². The average molecular weight is 771 g/mol. The first-order chi connectivity index (χ1) is 28.6. The predicted octanol–water partition coefficient (Wildman–Crippen LogP) is 13.9. The zero-order valence-electron chi connectivity index (χ0n) is 35.2. The third kappa shape index (κ3) is 7.01. The molecular weight excluding hydrogens is 717 g/mol. The minimum absolute atomic E-state index is 0.0569. The minimum atomic E-state index is -0.269. The summed E-state index contributed by atoms with van der Waals surface area (Å²) in [5.74, 6) is 3.16. The second-order valence-corrected chi connectivity index (χ2v) is 18.9. The van der Waals surface area contributed by atoms with Crippen molar-refractivity contribution in [2.24, 2.45) is 0 Å². The number of pyridine rings is 1. The highest BCUT2D eigenvalue weighted by Crippen LogP contribution is 2.51. The summed E-state index contributed by atoms with van der Waals surface area (Å²) in [6.45, 7) is 11.2. The molecule has 2 heterocycles. The molecule has 2 atom stereocenters. The van der Waals surface area contributed by atoms with Gasteiger partial charge in [0.2, 0.25) is 0 Å². The van der Waals surface area contributed by atoms with Gasteiger partial charge in [0, 0.05) is 33.7 Å². The number of nitrogens with zero attached hydrogens (tertiary/aromatic N) is 4. The maximum absolute atomic E-state index is 5.12. The first-order valence-corrected chi connectivity index (χ1v) is 21.9. The molecule has 5 aromatic carbocycles. The van der Waals surface area contributed by atoms with Crippen molar-refractivity contribution in [2.45, 2.75) is 109 Å². The van der Waals surface area contributed by atoms with Gasteiger partial charge in [0.25, 0.3) is 0 Å². The van der Waals surface area contributed by atoms with Gasteiger partial charge in [-0.15, -0.1) is 0 Å². The number of aryl methyl sites for hydroxylation is 2. The van der Waals surface area contributed by atoms with Crippen LogP contribution >= 0.6 is 0 Å². The third-order valence-electron chi connectivity index (χ3n) is 13.5. The van der Waals surface area contributed by atoms with Gasteiger partial charge in [-0.25, -0.2) is 15.0 Å². The van der Waals surface area contributed by atoms with E-state index in [1.165, 1.54) is 95.9 Å². The van der Waals surface area contributed by atoms with Gasteiger partial charge >= 0.3 is 0 Å². The summed E-state index contributed by atoms with van der Waals surface area (Å²) in [5.41, 5.74) is 17.6. The molecular formula is C55H54N4. The van der Waals surface area contributed by atoms with E-state index >= 15 is 0 Å². The third-order valence-corrected chi connectivity index (χ3v) is 13.5. The van der Waals surface area contributed by atoms with Gasteiger partial charge in [0.1, 0.15) is 5.82 Å². The maximum Gasteiger partial charge on any atom is 0.165 e. The normalized spacial score (nSPS) is 18.2. The van der Waals surface area contributed by atoms with E-state index in [2.05, 4.69) is 156 Å². The van der Waals surface area contributed by atoms with Crippen LogP contribution in [0.4, 0.5) is 0 Å². The lowest BCUT2D eigenvalue weighted by Crippen LogP contribution is -2.18. The summed E-state index contributed by atoms with van der Waals surface area (Å²) in [5, 5.41) is 0. The van der Waals surface area contributed by atoms with Crippen LogP contribution < -0.4 is 0 Å². The largest absolute Gasteiger partial charge is 0.255 e. The number of aromatic nitrogens is 4. The molecule has 0 spiro atoms. The summed E-state index contributed by atoms with van der Waals surface area (Å²) in [7, 11) is 0. The first-order valence-electron chi connectivity index (χ1n) is 21.9. The highest BCUT2D eigenvalue weighted by Gasteiger charge is 2.37. The van der Waals surface area contributed by atoms with Crippen LogP contribution in [0.15, 0.2) is 128 Å². The van der Waals surface area contributed by atoms with Gasteiger partial charge in [-0.2, -0.15) is 0 Å². The van der Waals surface area contributed by atoms with Crippen LogP contribution in [-0.2, 0) is 23.7 Å². The number of hydrogen-bond acceptors (Lipinski definition) is 4. The topological polar surface area (TPSA) is 51.6 Å². The lowest BCUT2D eigenvalue weighted by atomic mass is 9.72. The van der Waals surface area contributed by atoms with E-state index in [0.29, 0.717) is 23.5 Å². The monoisotopic (exact) mass is 770 g/mol. The van der Waals surface area contributed by atoms with E-state index in [-0.39, 0.29) is 10.8 Å². The van der Waals surface area contributed by atoms with Crippen molar-refractivity contribution in [2.75, 3.05) is 0 Å². The highest BCUT2D eigenvalue weighted by molar-refractivity contribution is 5.84. The average Bonchev–Trinajstić information content (AvgIpc) is 3.49. The molecule has 10 rings (SSSR count). The van der Waals surface area contributed by atoms with E-state index in [9.17, 15) is 0 Å². The Hall–Kier alpha value is -5.74. The van der Waals surface area contributed by atoms with E-state index in [1.54, 1.807) is 11.1 Å². The lowest BCUT2D eigenvalue weighted by Gasteiger charge is -2.32. The predicted molar refractivity (Wildman–Crippen MR) is 243 cm³/mol. The van der Waals surface area contributed by atoms with E-state index in [0.717, 1.165) is 28.2 Å². The van der Waals surface area contributed by atoms with Crippen LogP contribution in [0.5, 0.6) is 0 Å². The molecule has 1 fully saturated rings. The van der Waals surface area contributed by atoms with Crippen LogP contribution in [0.25, 0.3) is 56.3 Å². The molecule has 0 amide bonds. The van der Waals surface area contributed by atoms with Crippen molar-refractivity contribution in [3.8, 4) is 56.3 Å². The lowest BCUT2D eigenvalue weighted by molar-refractivity contribution is 0.386.